The van der Waals surface area contributed by atoms with Crippen molar-refractivity contribution < 1.29 is 9.90 Å². The number of para-hydroxylation sites is 1. The highest BCUT2D eigenvalue weighted by Crippen LogP contribution is 2.22. The highest BCUT2D eigenvalue weighted by molar-refractivity contribution is 5.87. The van der Waals surface area contributed by atoms with Gasteiger partial charge in [0, 0.05) is 30.1 Å². The lowest BCUT2D eigenvalue weighted by atomic mass is 10.1. The molecular formula is C16H16N4O2. The Kier molecular flexibility index (Phi) is 3.82. The van der Waals surface area contributed by atoms with Gasteiger partial charge in [0.05, 0.1) is 11.2 Å². The molecule has 1 N–H and O–H groups in total. The summed E-state index contributed by atoms with van der Waals surface area (Å²) in [7, 11) is 0. The van der Waals surface area contributed by atoms with Crippen LogP contribution in [-0.4, -0.2) is 30.8 Å². The highest BCUT2D eigenvalue weighted by atomic mass is 16.4. The van der Waals surface area contributed by atoms with Crippen molar-refractivity contribution in [2.24, 2.45) is 0 Å². The molecule has 0 saturated carbocycles. The van der Waals surface area contributed by atoms with Gasteiger partial charge in [0.25, 0.3) is 0 Å². The van der Waals surface area contributed by atoms with Crippen molar-refractivity contribution in [2.75, 3.05) is 0 Å². The first kappa shape index (κ1) is 14.2. The summed E-state index contributed by atoms with van der Waals surface area (Å²) in [5, 5.41) is 14.9. The average molecular weight is 296 g/mol. The molecule has 6 nitrogen and oxygen atoms in total. The monoisotopic (exact) mass is 296 g/mol. The molecule has 3 aromatic rings. The lowest BCUT2D eigenvalue weighted by molar-refractivity contribution is 0.0689. The van der Waals surface area contributed by atoms with E-state index in [4.69, 9.17) is 0 Å². The van der Waals surface area contributed by atoms with Gasteiger partial charge >= 0.3 is 5.97 Å². The third-order valence-electron chi connectivity index (χ3n) is 3.52. The molecule has 2 heterocycles. The number of carboxylic acids is 1. The first-order chi connectivity index (χ1) is 10.7. The number of aryl methyl sites for hydroxylation is 1. The van der Waals surface area contributed by atoms with E-state index in [9.17, 15) is 9.90 Å². The van der Waals surface area contributed by atoms with Gasteiger partial charge < -0.3 is 5.11 Å². The number of nitrogens with zero attached hydrogens (tertiary/aromatic N) is 4. The normalized spacial score (nSPS) is 11.0. The minimum atomic E-state index is -1.05. The molecule has 22 heavy (non-hydrogen) atoms. The second-order valence-corrected chi connectivity index (χ2v) is 5.07. The SMILES string of the molecule is CCCn1nc(Cc2cncnc2C(=O)O)c2ccccc21. The summed E-state index contributed by atoms with van der Waals surface area (Å²) in [6, 6.07) is 7.98. The van der Waals surface area contributed by atoms with Crippen molar-refractivity contribution in [2.45, 2.75) is 26.3 Å². The van der Waals surface area contributed by atoms with Crippen LogP contribution in [0.1, 0.15) is 35.1 Å². The summed E-state index contributed by atoms with van der Waals surface area (Å²) in [4.78, 5) is 19.1. The second-order valence-electron chi connectivity index (χ2n) is 5.07. The van der Waals surface area contributed by atoms with Crippen molar-refractivity contribution in [3.63, 3.8) is 0 Å². The quantitative estimate of drug-likeness (QED) is 0.782. The molecule has 6 heteroatoms. The molecule has 2 aromatic heterocycles. The Bertz CT molecular complexity index is 826. The van der Waals surface area contributed by atoms with Crippen molar-refractivity contribution in [1.29, 1.82) is 0 Å². The molecule has 0 aliphatic carbocycles. The molecule has 0 unspecified atom stereocenters. The Morgan fingerprint density at radius 2 is 2.14 bits per heavy atom. The molecule has 0 aliphatic rings. The van der Waals surface area contributed by atoms with E-state index in [1.807, 2.05) is 28.9 Å². The minimum Gasteiger partial charge on any atom is -0.477 e. The molecule has 0 atom stereocenters. The molecule has 0 bridgehead atoms. The topological polar surface area (TPSA) is 80.9 Å². The summed E-state index contributed by atoms with van der Waals surface area (Å²) < 4.78 is 1.97. The molecule has 0 fully saturated rings. The predicted molar refractivity (Wildman–Crippen MR) is 81.8 cm³/mol. The number of carbonyl (C=O) groups is 1. The van der Waals surface area contributed by atoms with Gasteiger partial charge in [-0.1, -0.05) is 25.1 Å². The van der Waals surface area contributed by atoms with Crippen molar-refractivity contribution in [1.82, 2.24) is 19.7 Å². The Morgan fingerprint density at radius 3 is 2.91 bits per heavy atom. The van der Waals surface area contributed by atoms with E-state index in [1.54, 1.807) is 6.20 Å². The molecular weight excluding hydrogens is 280 g/mol. The van der Waals surface area contributed by atoms with E-state index in [1.165, 1.54) is 6.33 Å². The van der Waals surface area contributed by atoms with Gasteiger partial charge in [-0.15, -0.1) is 0 Å². The van der Waals surface area contributed by atoms with Crippen LogP contribution in [-0.2, 0) is 13.0 Å². The Hall–Kier alpha value is -2.76. The van der Waals surface area contributed by atoms with Crippen LogP contribution < -0.4 is 0 Å². The molecule has 0 saturated heterocycles. The number of benzene rings is 1. The largest absolute Gasteiger partial charge is 0.477 e. The fourth-order valence-electron chi connectivity index (χ4n) is 2.57. The smallest absolute Gasteiger partial charge is 0.354 e. The number of aromatic nitrogens is 4. The maximum Gasteiger partial charge on any atom is 0.354 e. The van der Waals surface area contributed by atoms with Crippen LogP contribution in [0.5, 0.6) is 0 Å². The van der Waals surface area contributed by atoms with Gasteiger partial charge in [-0.05, 0) is 12.5 Å². The van der Waals surface area contributed by atoms with Gasteiger partial charge in [0.2, 0.25) is 0 Å². The van der Waals surface area contributed by atoms with Gasteiger partial charge in [-0.3, -0.25) is 4.68 Å². The van der Waals surface area contributed by atoms with Crippen molar-refractivity contribution in [3.05, 3.63) is 53.7 Å². The minimum absolute atomic E-state index is 0.0316. The Balaban J connectivity index is 2.06. The number of carboxylic acid groups (broad SMARTS) is 1. The molecule has 3 rings (SSSR count). The highest BCUT2D eigenvalue weighted by Gasteiger charge is 2.16. The molecule has 1 aromatic carbocycles. The first-order valence-electron chi connectivity index (χ1n) is 7.17. The average Bonchev–Trinajstić information content (AvgIpc) is 2.86. The van der Waals surface area contributed by atoms with Gasteiger partial charge in [-0.2, -0.15) is 5.10 Å². The van der Waals surface area contributed by atoms with Crippen LogP contribution in [0.4, 0.5) is 0 Å². The van der Waals surface area contributed by atoms with Crippen LogP contribution in [0.3, 0.4) is 0 Å². The second kappa shape index (κ2) is 5.93. The summed E-state index contributed by atoms with van der Waals surface area (Å²) in [6.07, 6.45) is 4.18. The number of hydrogen-bond acceptors (Lipinski definition) is 4. The summed E-state index contributed by atoms with van der Waals surface area (Å²) in [5.74, 6) is -1.05. The number of rotatable bonds is 5. The van der Waals surface area contributed by atoms with Crippen molar-refractivity contribution >= 4 is 16.9 Å². The standard InChI is InChI=1S/C16H16N4O2/c1-2-7-20-14-6-4-3-5-12(14)13(19-20)8-11-9-17-10-18-15(11)16(21)22/h3-6,9-10H,2,7-8H2,1H3,(H,21,22). The van der Waals surface area contributed by atoms with E-state index in [0.29, 0.717) is 12.0 Å². The van der Waals surface area contributed by atoms with Crippen LogP contribution >= 0.6 is 0 Å². The van der Waals surface area contributed by atoms with E-state index in [0.717, 1.165) is 29.6 Å². The summed E-state index contributed by atoms with van der Waals surface area (Å²) in [5.41, 5.74) is 2.51. The maximum absolute atomic E-state index is 11.3. The third kappa shape index (κ3) is 2.55. The van der Waals surface area contributed by atoms with Crippen LogP contribution in [0.15, 0.2) is 36.8 Å². The summed E-state index contributed by atoms with van der Waals surface area (Å²) >= 11 is 0. The zero-order valence-corrected chi connectivity index (χ0v) is 12.2. The first-order valence-corrected chi connectivity index (χ1v) is 7.17. The lowest BCUT2D eigenvalue weighted by Crippen LogP contribution is -2.07. The fraction of sp³-hybridized carbons (Fsp3) is 0.250. The third-order valence-corrected chi connectivity index (χ3v) is 3.52. The zero-order chi connectivity index (χ0) is 15.5. The van der Waals surface area contributed by atoms with Crippen LogP contribution in [0.2, 0.25) is 0 Å². The zero-order valence-electron chi connectivity index (χ0n) is 12.2. The van der Waals surface area contributed by atoms with Crippen molar-refractivity contribution in [3.8, 4) is 0 Å². The molecule has 0 spiro atoms. The fourth-order valence-corrected chi connectivity index (χ4v) is 2.57. The number of aromatic carboxylic acids is 1. The van der Waals surface area contributed by atoms with E-state index in [-0.39, 0.29) is 5.69 Å². The predicted octanol–water partition coefficient (Wildman–Crippen LogP) is 2.53. The Labute approximate surface area is 127 Å². The number of fused-ring (bicyclic) bond motifs is 1. The molecule has 112 valence electrons. The Morgan fingerprint density at radius 1 is 1.32 bits per heavy atom. The molecule has 0 amide bonds. The van der Waals surface area contributed by atoms with Gasteiger partial charge in [0.1, 0.15) is 6.33 Å². The number of hydrogen-bond donors (Lipinski definition) is 1. The van der Waals surface area contributed by atoms with Crippen LogP contribution in [0, 0.1) is 0 Å². The molecule has 0 radical (unpaired) electrons. The van der Waals surface area contributed by atoms with E-state index in [2.05, 4.69) is 22.0 Å². The van der Waals surface area contributed by atoms with E-state index < -0.39 is 5.97 Å². The van der Waals surface area contributed by atoms with Gasteiger partial charge in [-0.25, -0.2) is 14.8 Å². The summed E-state index contributed by atoms with van der Waals surface area (Å²) in [6.45, 7) is 2.93. The van der Waals surface area contributed by atoms with Gasteiger partial charge in [0.15, 0.2) is 5.69 Å². The maximum atomic E-state index is 11.3. The van der Waals surface area contributed by atoms with E-state index >= 15 is 0 Å². The lowest BCUT2D eigenvalue weighted by Gasteiger charge is -2.02. The van der Waals surface area contributed by atoms with Crippen LogP contribution in [0.25, 0.3) is 10.9 Å². The molecule has 0 aliphatic heterocycles.